The standard InChI is InChI=1S/C11H16F8O4S/c1-2-3-4-5-6-7-8(12,23-24(20,21)22)9(13,14)10(15,16)11(17,18)19/h2-7H2,1H3,(H,20,21,22). The summed E-state index contributed by atoms with van der Waals surface area (Å²) in [5.41, 5.74) is 0. The van der Waals surface area contributed by atoms with Crippen LogP contribution in [0.4, 0.5) is 35.1 Å². The zero-order valence-electron chi connectivity index (χ0n) is 12.3. The summed E-state index contributed by atoms with van der Waals surface area (Å²) < 4.78 is 135. The molecule has 0 radical (unpaired) electrons. The van der Waals surface area contributed by atoms with Crippen molar-refractivity contribution in [3.8, 4) is 0 Å². The highest BCUT2D eigenvalue weighted by molar-refractivity contribution is 7.80. The van der Waals surface area contributed by atoms with Gasteiger partial charge in [0.15, 0.2) is 0 Å². The second kappa shape index (κ2) is 7.68. The third-order valence-electron chi connectivity index (χ3n) is 3.06. The fourth-order valence-electron chi connectivity index (χ4n) is 1.79. The number of hydrogen-bond donors (Lipinski definition) is 1. The van der Waals surface area contributed by atoms with Crippen molar-refractivity contribution in [1.29, 1.82) is 0 Å². The van der Waals surface area contributed by atoms with Crippen LogP contribution in [0.15, 0.2) is 0 Å². The van der Waals surface area contributed by atoms with Gasteiger partial charge in [-0.15, -0.1) is 0 Å². The summed E-state index contributed by atoms with van der Waals surface area (Å²) in [5, 5.41) is 0. The molecule has 0 amide bonds. The minimum absolute atomic E-state index is 0.0536. The third-order valence-corrected chi connectivity index (χ3v) is 3.53. The van der Waals surface area contributed by atoms with Crippen LogP contribution in [0, 0.1) is 0 Å². The summed E-state index contributed by atoms with van der Waals surface area (Å²) in [6.07, 6.45) is -7.87. The smallest absolute Gasteiger partial charge is 0.263 e. The van der Waals surface area contributed by atoms with Crippen LogP contribution in [0.2, 0.25) is 0 Å². The van der Waals surface area contributed by atoms with Crippen molar-refractivity contribution in [3.05, 3.63) is 0 Å². The summed E-state index contributed by atoms with van der Waals surface area (Å²) in [6, 6.07) is 0. The van der Waals surface area contributed by atoms with Crippen LogP contribution in [-0.4, -0.2) is 36.8 Å². The van der Waals surface area contributed by atoms with Gasteiger partial charge in [0.05, 0.1) is 0 Å². The van der Waals surface area contributed by atoms with E-state index in [4.69, 9.17) is 4.55 Å². The number of hydrogen-bond acceptors (Lipinski definition) is 3. The topological polar surface area (TPSA) is 63.6 Å². The van der Waals surface area contributed by atoms with Crippen molar-refractivity contribution in [3.63, 3.8) is 0 Å². The molecule has 1 unspecified atom stereocenters. The minimum Gasteiger partial charge on any atom is -0.263 e. The lowest BCUT2D eigenvalue weighted by Gasteiger charge is -2.36. The van der Waals surface area contributed by atoms with E-state index in [2.05, 4.69) is 4.18 Å². The van der Waals surface area contributed by atoms with Gasteiger partial charge in [0.1, 0.15) is 0 Å². The molecule has 0 spiro atoms. The quantitative estimate of drug-likeness (QED) is 0.331. The Morgan fingerprint density at radius 2 is 1.29 bits per heavy atom. The van der Waals surface area contributed by atoms with E-state index in [0.717, 1.165) is 0 Å². The maximum atomic E-state index is 14.1. The average molecular weight is 396 g/mol. The molecule has 0 rings (SSSR count). The fraction of sp³-hybridized carbons (Fsp3) is 1.00. The molecule has 24 heavy (non-hydrogen) atoms. The van der Waals surface area contributed by atoms with Crippen molar-refractivity contribution in [2.24, 2.45) is 0 Å². The molecule has 0 saturated carbocycles. The van der Waals surface area contributed by atoms with Gasteiger partial charge in [0.25, 0.3) is 5.85 Å². The first-order valence-electron chi connectivity index (χ1n) is 6.71. The Labute approximate surface area is 133 Å². The zero-order chi connectivity index (χ0) is 19.4. The van der Waals surface area contributed by atoms with Crippen molar-refractivity contribution in [2.45, 2.75) is 69.3 Å². The largest absolute Gasteiger partial charge is 0.460 e. The molecular formula is C11H16F8O4S. The van der Waals surface area contributed by atoms with Crippen LogP contribution < -0.4 is 0 Å². The molecule has 1 atom stereocenters. The first kappa shape index (κ1) is 23.3. The fourth-order valence-corrected chi connectivity index (χ4v) is 2.31. The molecule has 0 aliphatic carbocycles. The second-order valence-electron chi connectivity index (χ2n) is 5.05. The second-order valence-corrected chi connectivity index (χ2v) is 6.07. The van der Waals surface area contributed by atoms with Crippen LogP contribution >= 0.6 is 0 Å². The zero-order valence-corrected chi connectivity index (χ0v) is 13.2. The van der Waals surface area contributed by atoms with Gasteiger partial charge >= 0.3 is 28.4 Å². The van der Waals surface area contributed by atoms with Gasteiger partial charge in [0.2, 0.25) is 0 Å². The van der Waals surface area contributed by atoms with E-state index in [0.29, 0.717) is 19.3 Å². The summed E-state index contributed by atoms with van der Waals surface area (Å²) in [5.74, 6) is -18.8. The van der Waals surface area contributed by atoms with E-state index in [1.54, 1.807) is 6.92 Å². The van der Waals surface area contributed by atoms with E-state index >= 15 is 0 Å². The number of halogens is 8. The highest BCUT2D eigenvalue weighted by Gasteiger charge is 2.81. The third kappa shape index (κ3) is 5.41. The highest BCUT2D eigenvalue weighted by Crippen LogP contribution is 2.54. The van der Waals surface area contributed by atoms with E-state index in [1.165, 1.54) is 0 Å². The minimum atomic E-state index is -6.93. The van der Waals surface area contributed by atoms with Gasteiger partial charge in [0, 0.05) is 6.42 Å². The monoisotopic (exact) mass is 396 g/mol. The van der Waals surface area contributed by atoms with E-state index in [-0.39, 0.29) is 6.42 Å². The SMILES string of the molecule is CCCCCCCC(F)(OS(=O)(=O)O)C(F)(F)C(F)(F)C(F)(F)F. The molecule has 0 aromatic rings. The Morgan fingerprint density at radius 1 is 0.833 bits per heavy atom. The lowest BCUT2D eigenvalue weighted by atomic mass is 9.96. The Balaban J connectivity index is 5.60. The Kier molecular flexibility index (Phi) is 7.46. The summed E-state index contributed by atoms with van der Waals surface area (Å²) in [7, 11) is -6.07. The Hall–Kier alpha value is -0.690. The van der Waals surface area contributed by atoms with Crippen molar-refractivity contribution in [2.75, 3.05) is 0 Å². The lowest BCUT2D eigenvalue weighted by molar-refractivity contribution is -0.403. The molecule has 0 aromatic carbocycles. The molecule has 13 heteroatoms. The summed E-state index contributed by atoms with van der Waals surface area (Å²) >= 11 is 0. The highest BCUT2D eigenvalue weighted by atomic mass is 32.3. The van der Waals surface area contributed by atoms with E-state index < -0.39 is 47.1 Å². The van der Waals surface area contributed by atoms with Crippen molar-refractivity contribution >= 4 is 10.4 Å². The van der Waals surface area contributed by atoms with Crippen molar-refractivity contribution < 1.29 is 52.3 Å². The van der Waals surface area contributed by atoms with Gasteiger partial charge in [-0.05, 0) is 6.42 Å². The first-order valence-corrected chi connectivity index (χ1v) is 8.07. The van der Waals surface area contributed by atoms with Gasteiger partial charge in [-0.3, -0.25) is 4.55 Å². The van der Waals surface area contributed by atoms with E-state index in [9.17, 15) is 43.5 Å². The van der Waals surface area contributed by atoms with Gasteiger partial charge in [-0.2, -0.15) is 39.2 Å². The van der Waals surface area contributed by atoms with Crippen LogP contribution in [0.5, 0.6) is 0 Å². The van der Waals surface area contributed by atoms with E-state index in [1.807, 2.05) is 0 Å². The molecule has 0 aromatic heterocycles. The molecule has 0 heterocycles. The van der Waals surface area contributed by atoms with Gasteiger partial charge < -0.3 is 0 Å². The van der Waals surface area contributed by atoms with Crippen LogP contribution in [0.25, 0.3) is 0 Å². The lowest BCUT2D eigenvalue weighted by Crippen LogP contribution is -2.63. The normalized spacial score (nSPS) is 16.9. The summed E-state index contributed by atoms with van der Waals surface area (Å²) in [6.45, 7) is 1.75. The molecule has 0 aliphatic heterocycles. The average Bonchev–Trinajstić information content (AvgIpc) is 2.34. The molecule has 1 N–H and O–H groups in total. The van der Waals surface area contributed by atoms with Crippen molar-refractivity contribution in [1.82, 2.24) is 0 Å². The van der Waals surface area contributed by atoms with Gasteiger partial charge in [-0.25, -0.2) is 8.57 Å². The van der Waals surface area contributed by atoms with Crippen LogP contribution in [-0.2, 0) is 14.6 Å². The molecule has 0 fully saturated rings. The van der Waals surface area contributed by atoms with Crippen LogP contribution in [0.1, 0.15) is 45.4 Å². The number of rotatable bonds is 10. The molecule has 4 nitrogen and oxygen atoms in total. The molecular weight excluding hydrogens is 380 g/mol. The maximum Gasteiger partial charge on any atom is 0.460 e. The predicted octanol–water partition coefficient (Wildman–Crippen LogP) is 4.67. The predicted molar refractivity (Wildman–Crippen MR) is 65.8 cm³/mol. The maximum absolute atomic E-state index is 14.1. The first-order chi connectivity index (χ1) is 10.5. The number of unbranched alkanes of at least 4 members (excludes halogenated alkanes) is 4. The number of alkyl halides is 8. The Bertz CT molecular complexity index is 505. The molecule has 0 saturated heterocycles. The van der Waals surface area contributed by atoms with Crippen LogP contribution in [0.3, 0.4) is 0 Å². The Morgan fingerprint density at radius 3 is 1.67 bits per heavy atom. The molecule has 0 bridgehead atoms. The summed E-state index contributed by atoms with van der Waals surface area (Å²) in [4.78, 5) is 0. The molecule has 0 aliphatic rings. The van der Waals surface area contributed by atoms with Gasteiger partial charge in [-0.1, -0.05) is 32.6 Å². The molecule has 146 valence electrons.